The van der Waals surface area contributed by atoms with Gasteiger partial charge in [-0.1, -0.05) is 30.3 Å². The second-order valence-electron chi connectivity index (χ2n) is 8.10. The summed E-state index contributed by atoms with van der Waals surface area (Å²) in [6, 6.07) is 16.4. The quantitative estimate of drug-likeness (QED) is 0.426. The van der Waals surface area contributed by atoms with E-state index >= 15 is 0 Å². The first-order chi connectivity index (χ1) is 15.1. The van der Waals surface area contributed by atoms with Gasteiger partial charge in [0.2, 0.25) is 5.91 Å². The molecule has 0 aromatic heterocycles. The Bertz CT molecular complexity index is 930. The molecule has 0 aliphatic carbocycles. The maximum atomic E-state index is 12.0. The smallest absolute Gasteiger partial charge is 0.335 e. The van der Waals surface area contributed by atoms with E-state index in [2.05, 4.69) is 15.8 Å². The van der Waals surface area contributed by atoms with Gasteiger partial charge in [0.15, 0.2) is 0 Å². The third-order valence-corrected chi connectivity index (χ3v) is 6.09. The van der Waals surface area contributed by atoms with E-state index in [9.17, 15) is 9.59 Å². The number of fused-ring (bicyclic) bond motifs is 2. The van der Waals surface area contributed by atoms with Gasteiger partial charge in [-0.3, -0.25) is 4.79 Å². The van der Waals surface area contributed by atoms with E-state index in [0.29, 0.717) is 11.5 Å². The van der Waals surface area contributed by atoms with E-state index in [0.717, 1.165) is 36.9 Å². The Kier molecular flexibility index (Phi) is 6.62. The molecule has 7 nitrogen and oxygen atoms in total. The molecular formula is C24H27N3O4. The molecule has 2 aromatic carbocycles. The van der Waals surface area contributed by atoms with E-state index in [1.54, 1.807) is 12.1 Å². The maximum absolute atomic E-state index is 12.0. The Balaban J connectivity index is 1.27. The van der Waals surface area contributed by atoms with Crippen LogP contribution in [0.3, 0.4) is 0 Å². The van der Waals surface area contributed by atoms with Crippen molar-refractivity contribution >= 4 is 23.8 Å². The molecule has 31 heavy (non-hydrogen) atoms. The molecule has 2 bridgehead atoms. The summed E-state index contributed by atoms with van der Waals surface area (Å²) in [7, 11) is 0. The van der Waals surface area contributed by atoms with Crippen molar-refractivity contribution in [2.45, 2.75) is 37.9 Å². The largest absolute Gasteiger partial charge is 0.478 e. The number of carbonyl (C=O) groups is 2. The second kappa shape index (κ2) is 9.75. The molecular weight excluding hydrogens is 394 g/mol. The number of hydrogen-bond acceptors (Lipinski definition) is 5. The van der Waals surface area contributed by atoms with E-state index in [-0.39, 0.29) is 30.6 Å². The number of aromatic carboxylic acids is 1. The molecule has 4 atom stereocenters. The fourth-order valence-corrected chi connectivity index (χ4v) is 4.53. The normalized spacial score (nSPS) is 24.4. The van der Waals surface area contributed by atoms with Gasteiger partial charge in [0.25, 0.3) is 0 Å². The first-order valence-corrected chi connectivity index (χ1v) is 10.7. The molecule has 4 rings (SSSR count). The van der Waals surface area contributed by atoms with Crippen LogP contribution in [0.1, 0.15) is 35.2 Å². The van der Waals surface area contributed by atoms with Gasteiger partial charge >= 0.3 is 5.97 Å². The lowest BCUT2D eigenvalue weighted by Crippen LogP contribution is -2.30. The molecule has 2 saturated heterocycles. The van der Waals surface area contributed by atoms with Gasteiger partial charge < -0.3 is 20.6 Å². The lowest BCUT2D eigenvalue weighted by atomic mass is 9.77. The summed E-state index contributed by atoms with van der Waals surface area (Å²) >= 11 is 0. The molecule has 2 aromatic rings. The van der Waals surface area contributed by atoms with Crippen LogP contribution in [0.25, 0.3) is 0 Å². The summed E-state index contributed by atoms with van der Waals surface area (Å²) in [5.74, 6) is -0.452. The van der Waals surface area contributed by atoms with Crippen LogP contribution in [0.5, 0.6) is 0 Å². The molecule has 7 heteroatoms. The minimum Gasteiger partial charge on any atom is -0.478 e. The van der Waals surface area contributed by atoms with Crippen molar-refractivity contribution in [2.24, 2.45) is 16.9 Å². The number of ether oxygens (including phenoxy) is 1. The highest BCUT2D eigenvalue weighted by Gasteiger charge is 2.47. The minimum absolute atomic E-state index is 0.105. The Morgan fingerprint density at radius 2 is 1.81 bits per heavy atom. The van der Waals surface area contributed by atoms with Crippen molar-refractivity contribution in [3.63, 3.8) is 0 Å². The molecule has 0 spiro atoms. The SMILES string of the molecule is O=C(CN/N=C\C1C2CCC(O2)C1CCc1ccc(C(=O)O)cc1)Nc1ccccc1. The van der Waals surface area contributed by atoms with Crippen LogP contribution < -0.4 is 10.7 Å². The second-order valence-corrected chi connectivity index (χ2v) is 8.10. The summed E-state index contributed by atoms with van der Waals surface area (Å²) < 4.78 is 6.12. The number of carboxylic acids is 1. The zero-order valence-corrected chi connectivity index (χ0v) is 17.2. The third-order valence-electron chi connectivity index (χ3n) is 6.09. The van der Waals surface area contributed by atoms with Crippen LogP contribution >= 0.6 is 0 Å². The summed E-state index contributed by atoms with van der Waals surface area (Å²) in [6.45, 7) is 0.105. The third kappa shape index (κ3) is 5.30. The van der Waals surface area contributed by atoms with E-state index in [4.69, 9.17) is 9.84 Å². The fourth-order valence-electron chi connectivity index (χ4n) is 4.53. The summed E-state index contributed by atoms with van der Waals surface area (Å²) in [5, 5.41) is 16.2. The van der Waals surface area contributed by atoms with Gasteiger partial charge in [0.1, 0.15) is 6.54 Å². The lowest BCUT2D eigenvalue weighted by molar-refractivity contribution is -0.115. The molecule has 1 amide bonds. The maximum Gasteiger partial charge on any atom is 0.335 e. The number of nitrogens with zero attached hydrogens (tertiary/aromatic N) is 1. The lowest BCUT2D eigenvalue weighted by Gasteiger charge is -2.25. The molecule has 162 valence electrons. The van der Waals surface area contributed by atoms with E-state index in [1.807, 2.05) is 48.7 Å². The summed E-state index contributed by atoms with van der Waals surface area (Å²) in [6.07, 6.45) is 6.28. The van der Waals surface area contributed by atoms with Crippen LogP contribution in [0.15, 0.2) is 59.7 Å². The number of para-hydroxylation sites is 1. The van der Waals surface area contributed by atoms with Crippen molar-refractivity contribution in [1.82, 2.24) is 5.43 Å². The van der Waals surface area contributed by atoms with Crippen LogP contribution in [-0.4, -0.2) is 42.0 Å². The van der Waals surface area contributed by atoms with Gasteiger partial charge in [-0.15, -0.1) is 0 Å². The molecule has 2 aliphatic heterocycles. The molecule has 0 saturated carbocycles. The van der Waals surface area contributed by atoms with Gasteiger partial charge in [-0.2, -0.15) is 5.10 Å². The number of hydrazone groups is 1. The molecule has 2 fully saturated rings. The van der Waals surface area contributed by atoms with Crippen molar-refractivity contribution in [3.05, 3.63) is 65.7 Å². The van der Waals surface area contributed by atoms with Crippen molar-refractivity contribution in [2.75, 3.05) is 11.9 Å². The molecule has 4 unspecified atom stereocenters. The number of amides is 1. The van der Waals surface area contributed by atoms with Crippen molar-refractivity contribution in [3.8, 4) is 0 Å². The molecule has 2 aliphatic rings. The Morgan fingerprint density at radius 3 is 2.55 bits per heavy atom. The average molecular weight is 421 g/mol. The molecule has 0 radical (unpaired) electrons. The number of benzene rings is 2. The van der Waals surface area contributed by atoms with Crippen molar-refractivity contribution in [1.29, 1.82) is 0 Å². The number of aryl methyl sites for hydroxylation is 1. The topological polar surface area (TPSA) is 100 Å². The molecule has 2 heterocycles. The summed E-state index contributed by atoms with van der Waals surface area (Å²) in [4.78, 5) is 23.0. The van der Waals surface area contributed by atoms with Gasteiger partial charge in [-0.05, 0) is 61.4 Å². The highest BCUT2D eigenvalue weighted by Crippen LogP contribution is 2.44. The number of nitrogens with one attached hydrogen (secondary N) is 2. The fraction of sp³-hybridized carbons (Fsp3) is 0.375. The highest BCUT2D eigenvalue weighted by atomic mass is 16.5. The number of rotatable bonds is 9. The number of anilines is 1. The molecule has 3 N–H and O–H groups in total. The van der Waals surface area contributed by atoms with Crippen LogP contribution in [0.4, 0.5) is 5.69 Å². The number of hydrogen-bond donors (Lipinski definition) is 3. The van der Waals surface area contributed by atoms with Gasteiger partial charge in [0.05, 0.1) is 17.8 Å². The Labute approximate surface area is 181 Å². The van der Waals surface area contributed by atoms with Crippen LogP contribution in [0, 0.1) is 11.8 Å². The zero-order chi connectivity index (χ0) is 21.6. The first kappa shape index (κ1) is 21.1. The predicted octanol–water partition coefficient (Wildman–Crippen LogP) is 3.33. The average Bonchev–Trinajstić information content (AvgIpc) is 3.38. The Hall–Kier alpha value is -3.19. The number of carboxylic acid groups (broad SMARTS) is 1. The standard InChI is InChI=1S/C24H27N3O4/c28-23(27-18-4-2-1-3-5-18)15-26-25-14-20-19(21-12-13-22(20)31-21)11-8-16-6-9-17(10-7-16)24(29)30/h1-7,9-10,14,19-22,26H,8,11-13,15H2,(H,27,28)(H,29,30)/b25-14-. The minimum atomic E-state index is -0.908. The Morgan fingerprint density at radius 1 is 1.06 bits per heavy atom. The zero-order valence-electron chi connectivity index (χ0n) is 17.2. The first-order valence-electron chi connectivity index (χ1n) is 10.7. The van der Waals surface area contributed by atoms with Crippen LogP contribution in [0.2, 0.25) is 0 Å². The van der Waals surface area contributed by atoms with Crippen LogP contribution in [-0.2, 0) is 16.0 Å². The van der Waals surface area contributed by atoms with Gasteiger partial charge in [0, 0.05) is 17.8 Å². The van der Waals surface area contributed by atoms with Crippen molar-refractivity contribution < 1.29 is 19.4 Å². The van der Waals surface area contributed by atoms with E-state index in [1.165, 1.54) is 0 Å². The van der Waals surface area contributed by atoms with E-state index < -0.39 is 5.97 Å². The van der Waals surface area contributed by atoms with Gasteiger partial charge in [-0.25, -0.2) is 4.79 Å². The summed E-state index contributed by atoms with van der Waals surface area (Å²) in [5.41, 5.74) is 5.04. The number of carbonyl (C=O) groups excluding carboxylic acids is 1. The monoisotopic (exact) mass is 421 g/mol. The highest BCUT2D eigenvalue weighted by molar-refractivity contribution is 5.92. The predicted molar refractivity (Wildman–Crippen MR) is 118 cm³/mol.